The largest absolute Gasteiger partial charge is 0.493 e. The molecule has 4 rings (SSSR count). The monoisotopic (exact) mass is 571 g/mol. The van der Waals surface area contributed by atoms with Crippen LogP contribution < -0.4 is 11.3 Å². The number of aryl methyl sites for hydroxylation is 1. The molecule has 0 fully saturated rings. The molecule has 4 aromatic rings. The Morgan fingerprint density at radius 2 is 1.88 bits per heavy atom. The van der Waals surface area contributed by atoms with Crippen molar-refractivity contribution in [3.05, 3.63) is 99.7 Å². The number of nitrogens with two attached hydrogens (primary N) is 1. The second-order valence-electron chi connectivity index (χ2n) is 9.42. The van der Waals surface area contributed by atoms with Gasteiger partial charge in [-0.25, -0.2) is 13.4 Å². The van der Waals surface area contributed by atoms with Crippen molar-refractivity contribution in [3.8, 4) is 23.1 Å². The van der Waals surface area contributed by atoms with Crippen molar-refractivity contribution < 1.29 is 18.3 Å². The van der Waals surface area contributed by atoms with Gasteiger partial charge in [0.2, 0.25) is 26.5 Å². The highest BCUT2D eigenvalue weighted by atomic mass is 32.2. The second kappa shape index (κ2) is 12.1. The van der Waals surface area contributed by atoms with Crippen molar-refractivity contribution in [1.82, 2.24) is 14.5 Å². The summed E-state index contributed by atoms with van der Waals surface area (Å²) in [4.78, 5) is 32.3. The summed E-state index contributed by atoms with van der Waals surface area (Å²) in [7, 11) is -4.62. The van der Waals surface area contributed by atoms with E-state index in [-0.39, 0.29) is 11.4 Å². The first-order valence-electron chi connectivity index (χ1n) is 13.1. The first-order valence-corrected chi connectivity index (χ1v) is 14.6. The average Bonchev–Trinajstić information content (AvgIpc) is 2.97. The molecule has 0 spiro atoms. The second-order valence-corrected chi connectivity index (χ2v) is 11.3. The van der Waals surface area contributed by atoms with Gasteiger partial charge in [-0.1, -0.05) is 50.6 Å². The minimum Gasteiger partial charge on any atom is -0.493 e. The number of rotatable bonds is 10. The molecule has 210 valence electrons. The number of unbranched alkanes of at least 4 members (excludes halogenated alkanes) is 1. The summed E-state index contributed by atoms with van der Waals surface area (Å²) >= 11 is 0. The summed E-state index contributed by atoms with van der Waals surface area (Å²) in [5, 5.41) is 20.4. The van der Waals surface area contributed by atoms with Gasteiger partial charge in [-0.15, -0.1) is 0 Å². The molecule has 10 nitrogen and oxygen atoms in total. The van der Waals surface area contributed by atoms with Crippen LogP contribution in [0.5, 0.6) is 5.88 Å². The Balaban J connectivity index is 1.87. The Kier molecular flexibility index (Phi) is 8.64. The van der Waals surface area contributed by atoms with Crippen LogP contribution in [0.3, 0.4) is 0 Å². The number of nitriles is 1. The lowest BCUT2D eigenvalue weighted by molar-refractivity contribution is 0.100. The highest BCUT2D eigenvalue weighted by Crippen LogP contribution is 2.34. The summed E-state index contributed by atoms with van der Waals surface area (Å²) in [5.74, 6) is -1.15. The van der Waals surface area contributed by atoms with Crippen LogP contribution in [-0.2, 0) is 16.3 Å². The van der Waals surface area contributed by atoms with E-state index in [0.29, 0.717) is 41.5 Å². The number of hydrogen-bond donors (Lipinski definition) is 2. The molecule has 2 heterocycles. The third kappa shape index (κ3) is 5.73. The molecule has 0 aliphatic carbocycles. The summed E-state index contributed by atoms with van der Waals surface area (Å²) in [5.41, 5.74) is 6.59. The number of carbonyl (C=O) groups is 1. The van der Waals surface area contributed by atoms with E-state index >= 15 is 0 Å². The van der Waals surface area contributed by atoms with Gasteiger partial charge < -0.3 is 10.8 Å². The average molecular weight is 572 g/mol. The van der Waals surface area contributed by atoms with Gasteiger partial charge in [0.05, 0.1) is 17.7 Å². The maximum absolute atomic E-state index is 13.7. The minimum atomic E-state index is -4.62. The fourth-order valence-corrected chi connectivity index (χ4v) is 6.02. The minimum absolute atomic E-state index is 0.239. The predicted octanol–water partition coefficient (Wildman–Crippen LogP) is 4.16. The van der Waals surface area contributed by atoms with Crippen LogP contribution in [0, 0.1) is 11.3 Å². The smallest absolute Gasteiger partial charge is 0.296 e. The predicted molar refractivity (Wildman–Crippen MR) is 152 cm³/mol. The van der Waals surface area contributed by atoms with Crippen molar-refractivity contribution in [2.24, 2.45) is 5.73 Å². The number of benzene rings is 2. The van der Waals surface area contributed by atoms with Gasteiger partial charge in [-0.2, -0.15) is 10.2 Å². The van der Waals surface area contributed by atoms with Crippen LogP contribution in [0.2, 0.25) is 0 Å². The zero-order valence-electron chi connectivity index (χ0n) is 22.6. The number of primary amides is 1. The molecule has 2 aromatic carbocycles. The Morgan fingerprint density at radius 1 is 1.12 bits per heavy atom. The first-order chi connectivity index (χ1) is 19.6. The highest BCUT2D eigenvalue weighted by Gasteiger charge is 2.32. The molecule has 1 amide bonds. The van der Waals surface area contributed by atoms with Crippen molar-refractivity contribution in [1.29, 1.82) is 5.26 Å². The van der Waals surface area contributed by atoms with Gasteiger partial charge in [0, 0.05) is 23.7 Å². The molecule has 1 atom stereocenters. The van der Waals surface area contributed by atoms with E-state index in [1.54, 1.807) is 48.5 Å². The van der Waals surface area contributed by atoms with Gasteiger partial charge in [-0.3, -0.25) is 14.2 Å². The Bertz CT molecular complexity index is 1810. The van der Waals surface area contributed by atoms with Gasteiger partial charge in [0.25, 0.3) is 5.56 Å². The fourth-order valence-electron chi connectivity index (χ4n) is 4.76. The van der Waals surface area contributed by atoms with E-state index in [1.165, 1.54) is 22.9 Å². The lowest BCUT2D eigenvalue weighted by Gasteiger charge is -2.25. The van der Waals surface area contributed by atoms with E-state index in [9.17, 15) is 28.4 Å². The van der Waals surface area contributed by atoms with Crippen molar-refractivity contribution in [3.63, 3.8) is 0 Å². The molecule has 0 aliphatic rings. The maximum atomic E-state index is 13.7. The topological polar surface area (TPSA) is 169 Å². The number of aromatic hydroxyl groups is 1. The summed E-state index contributed by atoms with van der Waals surface area (Å²) in [6, 6.07) is 17.5. The van der Waals surface area contributed by atoms with E-state index in [1.807, 2.05) is 13.8 Å². The summed E-state index contributed by atoms with van der Waals surface area (Å²) < 4.78 is 28.8. The van der Waals surface area contributed by atoms with Crippen LogP contribution in [0.1, 0.15) is 66.5 Å². The molecule has 0 saturated carbocycles. The van der Waals surface area contributed by atoms with Gasteiger partial charge in [-0.05, 0) is 54.3 Å². The van der Waals surface area contributed by atoms with Crippen LogP contribution in [-0.4, -0.2) is 34.0 Å². The molecular formula is C30H29N5O5S. The first kappa shape index (κ1) is 29.2. The van der Waals surface area contributed by atoms with E-state index in [2.05, 4.69) is 16.0 Å². The normalized spacial score (nSPS) is 12.0. The Labute approximate surface area is 237 Å². The van der Waals surface area contributed by atoms with Gasteiger partial charge in [0.1, 0.15) is 5.82 Å². The summed E-state index contributed by atoms with van der Waals surface area (Å²) in [6.07, 6.45) is 3.45. The van der Waals surface area contributed by atoms with Crippen molar-refractivity contribution in [2.75, 3.05) is 0 Å². The molecule has 1 unspecified atom stereocenters. The van der Waals surface area contributed by atoms with Crippen LogP contribution >= 0.6 is 0 Å². The molecule has 0 bridgehead atoms. The number of carbonyl (C=O) groups excluding carboxylic acids is 1. The quantitative estimate of drug-likeness (QED) is 0.286. The zero-order valence-corrected chi connectivity index (χ0v) is 23.4. The number of aromatic nitrogens is 3. The van der Waals surface area contributed by atoms with Gasteiger partial charge >= 0.3 is 0 Å². The number of nitrogens with zero attached hydrogens (tertiary/aromatic N) is 4. The van der Waals surface area contributed by atoms with Crippen molar-refractivity contribution >= 4 is 15.7 Å². The summed E-state index contributed by atoms with van der Waals surface area (Å²) in [6.45, 7) is 3.81. The molecule has 2 aromatic heterocycles. The lowest BCUT2D eigenvalue weighted by Crippen LogP contribution is -2.27. The number of hydrogen-bond acceptors (Lipinski definition) is 8. The number of amides is 1. The van der Waals surface area contributed by atoms with Gasteiger partial charge in [0.15, 0.2) is 5.03 Å². The highest BCUT2D eigenvalue weighted by molar-refractivity contribution is 7.91. The van der Waals surface area contributed by atoms with Crippen LogP contribution in [0.15, 0.2) is 81.6 Å². The Morgan fingerprint density at radius 3 is 2.51 bits per heavy atom. The lowest BCUT2D eigenvalue weighted by atomic mass is 10.0. The van der Waals surface area contributed by atoms with Crippen LogP contribution in [0.25, 0.3) is 11.1 Å². The maximum Gasteiger partial charge on any atom is 0.296 e. The molecule has 11 heteroatoms. The molecule has 0 radical (unpaired) electrons. The molecule has 3 N–H and O–H groups in total. The third-order valence-electron chi connectivity index (χ3n) is 6.77. The van der Waals surface area contributed by atoms with E-state index < -0.39 is 43.1 Å². The SMILES string of the molecule is CCCCc1nc(=O)c(S(=O)(=O)c2ccc(-c3ccccc3C(N)=O)cn2)c(O)n1C(CC)c1cccc(C#N)c1. The van der Waals surface area contributed by atoms with Crippen molar-refractivity contribution in [2.45, 2.75) is 55.5 Å². The van der Waals surface area contributed by atoms with E-state index in [4.69, 9.17) is 5.73 Å². The molecule has 0 aliphatic heterocycles. The van der Waals surface area contributed by atoms with E-state index in [0.717, 1.165) is 6.42 Å². The van der Waals surface area contributed by atoms with Crippen LogP contribution in [0.4, 0.5) is 0 Å². The zero-order chi connectivity index (χ0) is 29.7. The number of sulfone groups is 1. The number of pyridine rings is 1. The standard InChI is InChI=1S/C30H29N5O5S/c1-3-5-13-25-34-29(37)27(30(38)35(25)24(4-2)20-10-8-9-19(16-20)17-31)41(39,40)26-15-14-21(18-33-26)22-11-6-7-12-23(22)28(32)36/h6-12,14-16,18,24,38H,3-5,13H2,1-2H3,(H2,32,36). The molecule has 41 heavy (non-hydrogen) atoms. The Hall–Kier alpha value is -4.82. The third-order valence-corrected chi connectivity index (χ3v) is 8.46. The fraction of sp³-hybridized carbons (Fsp3) is 0.233. The molecular weight excluding hydrogens is 542 g/mol. The molecule has 0 saturated heterocycles.